The molecule has 0 spiro atoms. The van der Waals surface area contributed by atoms with Crippen molar-refractivity contribution in [3.8, 4) is 0 Å². The third-order valence-corrected chi connectivity index (χ3v) is 4.14. The molecule has 1 saturated heterocycles. The van der Waals surface area contributed by atoms with Crippen molar-refractivity contribution in [3.63, 3.8) is 0 Å². The van der Waals surface area contributed by atoms with Gasteiger partial charge >= 0.3 is 0 Å². The molecule has 2 rings (SSSR count). The molecule has 0 aromatic rings. The lowest BCUT2D eigenvalue weighted by Gasteiger charge is -2.40. The summed E-state index contributed by atoms with van der Waals surface area (Å²) < 4.78 is 5.70. The van der Waals surface area contributed by atoms with E-state index in [1.54, 1.807) is 0 Å². The zero-order chi connectivity index (χ0) is 11.4. The molecule has 0 bridgehead atoms. The van der Waals surface area contributed by atoms with Crippen molar-refractivity contribution in [2.24, 2.45) is 5.73 Å². The Morgan fingerprint density at radius 3 is 2.06 bits per heavy atom. The van der Waals surface area contributed by atoms with Crippen LogP contribution in [-0.2, 0) is 4.74 Å². The van der Waals surface area contributed by atoms with Crippen LogP contribution < -0.4 is 5.73 Å². The maximum absolute atomic E-state index is 5.94. The van der Waals surface area contributed by atoms with E-state index >= 15 is 0 Å². The minimum atomic E-state index is 0. The van der Waals surface area contributed by atoms with Gasteiger partial charge in [0, 0.05) is 18.7 Å². The van der Waals surface area contributed by atoms with Crippen LogP contribution in [-0.4, -0.2) is 42.8 Å². The van der Waals surface area contributed by atoms with Crippen LogP contribution in [0.5, 0.6) is 0 Å². The quantitative estimate of drug-likeness (QED) is 0.870. The highest BCUT2D eigenvalue weighted by Gasteiger charge is 2.28. The Balaban J connectivity index is 0.00000144. The second kappa shape index (κ2) is 9.38. The molecule has 0 unspecified atom stereocenters. The molecule has 0 aromatic heterocycles. The summed E-state index contributed by atoms with van der Waals surface area (Å²) in [5.74, 6) is 0. The minimum Gasteiger partial charge on any atom is -0.379 e. The van der Waals surface area contributed by atoms with Crippen molar-refractivity contribution in [2.45, 2.75) is 63.6 Å². The molecular weight excluding hydrogens is 271 g/mol. The van der Waals surface area contributed by atoms with E-state index in [1.165, 1.54) is 51.6 Å². The van der Waals surface area contributed by atoms with E-state index in [1.807, 2.05) is 0 Å². The topological polar surface area (TPSA) is 38.5 Å². The van der Waals surface area contributed by atoms with Gasteiger partial charge in [0.05, 0.1) is 6.10 Å². The fourth-order valence-corrected chi connectivity index (χ4v) is 3.10. The van der Waals surface area contributed by atoms with Crippen molar-refractivity contribution in [1.29, 1.82) is 0 Å². The third kappa shape index (κ3) is 5.22. The maximum atomic E-state index is 5.94. The predicted octanol–water partition coefficient (Wildman–Crippen LogP) is 2.60. The van der Waals surface area contributed by atoms with Gasteiger partial charge in [-0.05, 0) is 58.5 Å². The summed E-state index contributed by atoms with van der Waals surface area (Å²) in [5.41, 5.74) is 5.94. The van der Waals surface area contributed by atoms with E-state index in [0.717, 1.165) is 12.6 Å². The fourth-order valence-electron chi connectivity index (χ4n) is 3.10. The average molecular weight is 299 g/mol. The molecule has 110 valence electrons. The second-order valence-electron chi connectivity index (χ2n) is 5.26. The van der Waals surface area contributed by atoms with Crippen LogP contribution >= 0.6 is 24.8 Å². The highest BCUT2D eigenvalue weighted by molar-refractivity contribution is 5.85. The summed E-state index contributed by atoms with van der Waals surface area (Å²) >= 11 is 0. The van der Waals surface area contributed by atoms with Gasteiger partial charge in [0.2, 0.25) is 0 Å². The number of hydrogen-bond donors (Lipinski definition) is 1. The smallest absolute Gasteiger partial charge is 0.0576 e. The van der Waals surface area contributed by atoms with Gasteiger partial charge in [0.1, 0.15) is 0 Å². The van der Waals surface area contributed by atoms with E-state index in [0.29, 0.717) is 12.1 Å². The first-order valence-electron chi connectivity index (χ1n) is 6.90. The molecule has 1 aliphatic heterocycles. The summed E-state index contributed by atoms with van der Waals surface area (Å²) in [6, 6.07) is 1.26. The summed E-state index contributed by atoms with van der Waals surface area (Å²) in [4.78, 5) is 2.66. The Labute approximate surface area is 124 Å². The SMILES string of the molecule is CCOC1CCC(N2CCC(N)CC2)CC1.Cl.Cl. The molecule has 5 heteroatoms. The molecule has 0 atom stereocenters. The summed E-state index contributed by atoms with van der Waals surface area (Å²) in [6.45, 7) is 5.39. The Morgan fingerprint density at radius 2 is 1.56 bits per heavy atom. The number of halogens is 2. The molecule has 2 fully saturated rings. The van der Waals surface area contributed by atoms with Crippen LogP contribution in [0.4, 0.5) is 0 Å². The molecule has 0 amide bonds. The Bertz CT molecular complexity index is 203. The Morgan fingerprint density at radius 1 is 1.00 bits per heavy atom. The lowest BCUT2D eigenvalue weighted by Crippen LogP contribution is -2.46. The standard InChI is InChI=1S/C13H26N2O.2ClH/c1-2-16-13-5-3-12(4-6-13)15-9-7-11(14)8-10-15;;/h11-13H,2-10,14H2,1H3;2*1H. The van der Waals surface area contributed by atoms with E-state index in [9.17, 15) is 0 Å². The Kier molecular flexibility index (Phi) is 9.62. The first kappa shape index (κ1) is 18.5. The number of likely N-dealkylation sites (tertiary alicyclic amines) is 1. The van der Waals surface area contributed by atoms with E-state index in [4.69, 9.17) is 10.5 Å². The van der Waals surface area contributed by atoms with Gasteiger partial charge < -0.3 is 15.4 Å². The number of hydrogen-bond acceptors (Lipinski definition) is 3. The lowest BCUT2D eigenvalue weighted by molar-refractivity contribution is 0.00960. The third-order valence-electron chi connectivity index (χ3n) is 4.14. The van der Waals surface area contributed by atoms with Gasteiger partial charge in [0.15, 0.2) is 0 Å². The highest BCUT2D eigenvalue weighted by Crippen LogP contribution is 2.26. The number of piperidine rings is 1. The van der Waals surface area contributed by atoms with E-state index < -0.39 is 0 Å². The molecule has 1 aliphatic carbocycles. The van der Waals surface area contributed by atoms with Crippen LogP contribution in [0.2, 0.25) is 0 Å². The lowest BCUT2D eigenvalue weighted by atomic mass is 9.90. The van der Waals surface area contributed by atoms with E-state index in [2.05, 4.69) is 11.8 Å². The fraction of sp³-hybridized carbons (Fsp3) is 1.00. The highest BCUT2D eigenvalue weighted by atomic mass is 35.5. The van der Waals surface area contributed by atoms with Gasteiger partial charge in [-0.1, -0.05) is 0 Å². The van der Waals surface area contributed by atoms with Gasteiger partial charge in [-0.2, -0.15) is 0 Å². The van der Waals surface area contributed by atoms with Crippen molar-refractivity contribution in [2.75, 3.05) is 19.7 Å². The molecule has 2 N–H and O–H groups in total. The largest absolute Gasteiger partial charge is 0.379 e. The van der Waals surface area contributed by atoms with Crippen LogP contribution in [0.3, 0.4) is 0 Å². The van der Waals surface area contributed by atoms with Crippen molar-refractivity contribution in [1.82, 2.24) is 4.90 Å². The summed E-state index contributed by atoms with van der Waals surface area (Å²) in [5, 5.41) is 0. The van der Waals surface area contributed by atoms with Gasteiger partial charge in [-0.3, -0.25) is 0 Å². The van der Waals surface area contributed by atoms with Crippen molar-refractivity contribution >= 4 is 24.8 Å². The summed E-state index contributed by atoms with van der Waals surface area (Å²) in [7, 11) is 0. The predicted molar refractivity (Wildman–Crippen MR) is 80.9 cm³/mol. The number of ether oxygens (including phenoxy) is 1. The van der Waals surface area contributed by atoms with E-state index in [-0.39, 0.29) is 24.8 Å². The zero-order valence-corrected chi connectivity index (χ0v) is 13.0. The molecule has 3 nitrogen and oxygen atoms in total. The monoisotopic (exact) mass is 298 g/mol. The molecule has 0 radical (unpaired) electrons. The van der Waals surface area contributed by atoms with Crippen LogP contribution in [0.25, 0.3) is 0 Å². The minimum absolute atomic E-state index is 0. The number of nitrogens with two attached hydrogens (primary N) is 1. The first-order chi connectivity index (χ1) is 7.79. The van der Waals surface area contributed by atoms with Crippen molar-refractivity contribution in [3.05, 3.63) is 0 Å². The zero-order valence-electron chi connectivity index (χ0n) is 11.3. The van der Waals surface area contributed by atoms with Gasteiger partial charge in [0.25, 0.3) is 0 Å². The molecule has 18 heavy (non-hydrogen) atoms. The van der Waals surface area contributed by atoms with Crippen molar-refractivity contribution < 1.29 is 4.74 Å². The molecular formula is C13H28Cl2N2O. The Hall–Kier alpha value is 0.460. The van der Waals surface area contributed by atoms with Gasteiger partial charge in [-0.15, -0.1) is 24.8 Å². The normalized spacial score (nSPS) is 30.3. The molecule has 1 saturated carbocycles. The average Bonchev–Trinajstić information content (AvgIpc) is 2.32. The first-order valence-corrected chi connectivity index (χ1v) is 6.90. The second-order valence-corrected chi connectivity index (χ2v) is 5.26. The van der Waals surface area contributed by atoms with Crippen LogP contribution in [0, 0.1) is 0 Å². The molecule has 2 aliphatic rings. The number of nitrogens with zero attached hydrogens (tertiary/aromatic N) is 1. The molecule has 0 aromatic carbocycles. The number of rotatable bonds is 3. The molecule has 1 heterocycles. The summed E-state index contributed by atoms with van der Waals surface area (Å²) in [6.07, 6.45) is 8.05. The van der Waals surface area contributed by atoms with Crippen LogP contribution in [0.1, 0.15) is 45.4 Å². The maximum Gasteiger partial charge on any atom is 0.0576 e. The van der Waals surface area contributed by atoms with Crippen LogP contribution in [0.15, 0.2) is 0 Å². The van der Waals surface area contributed by atoms with Gasteiger partial charge in [-0.25, -0.2) is 0 Å².